The van der Waals surface area contributed by atoms with E-state index in [0.29, 0.717) is 12.4 Å². The van der Waals surface area contributed by atoms with E-state index >= 15 is 0 Å². The average Bonchev–Trinajstić information content (AvgIpc) is 2.70. The molecule has 106 valence electrons. The van der Waals surface area contributed by atoms with E-state index in [2.05, 4.69) is 43.0 Å². The monoisotopic (exact) mass is 264 g/mol. The highest BCUT2D eigenvalue weighted by atomic mass is 16.5. The van der Waals surface area contributed by atoms with Gasteiger partial charge in [0.15, 0.2) is 0 Å². The predicted molar refractivity (Wildman–Crippen MR) is 77.3 cm³/mol. The van der Waals surface area contributed by atoms with E-state index in [0.717, 1.165) is 30.2 Å². The van der Waals surface area contributed by atoms with Gasteiger partial charge in [-0.2, -0.15) is 0 Å². The van der Waals surface area contributed by atoms with Crippen molar-refractivity contribution >= 4 is 11.6 Å². The van der Waals surface area contributed by atoms with Gasteiger partial charge >= 0.3 is 0 Å². The van der Waals surface area contributed by atoms with Gasteiger partial charge in [-0.15, -0.1) is 0 Å². The molecule has 1 aromatic rings. The van der Waals surface area contributed by atoms with Crippen LogP contribution in [0.4, 0.5) is 11.6 Å². The highest BCUT2D eigenvalue weighted by molar-refractivity contribution is 5.56. The molecule has 1 saturated heterocycles. The minimum absolute atomic E-state index is 0.0687. The molecule has 0 aliphatic carbocycles. The maximum absolute atomic E-state index is 6.01. The molecule has 0 aromatic carbocycles. The number of nitrogens with one attached hydrogen (secondary N) is 1. The molecule has 0 bridgehead atoms. The van der Waals surface area contributed by atoms with E-state index in [4.69, 9.17) is 10.5 Å². The second-order valence-corrected chi connectivity index (χ2v) is 6.64. The summed E-state index contributed by atoms with van der Waals surface area (Å²) in [6.45, 7) is 11.8. The molecule has 5 heteroatoms. The molecule has 5 nitrogen and oxygen atoms in total. The highest BCUT2D eigenvalue weighted by Gasteiger charge is 2.31. The SMILES string of the molecule is Cc1c(N)nc(C(C)(C)C)nc1NC1(C)CCOC1. The molecule has 1 aromatic heterocycles. The van der Waals surface area contributed by atoms with Crippen molar-refractivity contribution in [3.05, 3.63) is 11.4 Å². The third-order valence-electron chi connectivity index (χ3n) is 3.49. The molecule has 3 N–H and O–H groups in total. The molecule has 2 heterocycles. The van der Waals surface area contributed by atoms with Crippen molar-refractivity contribution in [2.24, 2.45) is 0 Å². The highest BCUT2D eigenvalue weighted by Crippen LogP contribution is 2.29. The van der Waals surface area contributed by atoms with Crippen molar-refractivity contribution in [2.45, 2.75) is 52.0 Å². The second-order valence-electron chi connectivity index (χ2n) is 6.64. The summed E-state index contributed by atoms with van der Waals surface area (Å²) in [5.41, 5.74) is 6.73. The number of aromatic nitrogens is 2. The molecule has 1 atom stereocenters. The molecule has 0 spiro atoms. The molecule has 1 fully saturated rings. The van der Waals surface area contributed by atoms with Crippen LogP contribution < -0.4 is 11.1 Å². The minimum atomic E-state index is -0.120. The molecule has 19 heavy (non-hydrogen) atoms. The Kier molecular flexibility index (Phi) is 3.43. The Morgan fingerprint density at radius 2 is 2.00 bits per heavy atom. The smallest absolute Gasteiger partial charge is 0.138 e. The molecule has 1 aliphatic heterocycles. The van der Waals surface area contributed by atoms with Crippen molar-refractivity contribution in [3.63, 3.8) is 0 Å². The molecule has 2 rings (SSSR count). The number of hydrogen-bond acceptors (Lipinski definition) is 5. The predicted octanol–water partition coefficient (Wildman–Crippen LogP) is 2.26. The van der Waals surface area contributed by atoms with Crippen LogP contribution in [0.25, 0.3) is 0 Å². The maximum Gasteiger partial charge on any atom is 0.138 e. The minimum Gasteiger partial charge on any atom is -0.383 e. The van der Waals surface area contributed by atoms with E-state index in [1.807, 2.05) is 6.92 Å². The van der Waals surface area contributed by atoms with Gasteiger partial charge in [0.25, 0.3) is 0 Å². The Hall–Kier alpha value is -1.36. The van der Waals surface area contributed by atoms with Gasteiger partial charge in [0.1, 0.15) is 17.5 Å². The Bertz CT molecular complexity index is 473. The Morgan fingerprint density at radius 3 is 2.53 bits per heavy atom. The van der Waals surface area contributed by atoms with Crippen molar-refractivity contribution in [1.29, 1.82) is 0 Å². The number of nitrogens with zero attached hydrogens (tertiary/aromatic N) is 2. The fourth-order valence-corrected chi connectivity index (χ4v) is 2.04. The summed E-state index contributed by atoms with van der Waals surface area (Å²) in [5, 5.41) is 3.48. The van der Waals surface area contributed by atoms with E-state index in [9.17, 15) is 0 Å². The largest absolute Gasteiger partial charge is 0.383 e. The molecule has 1 unspecified atom stereocenters. The number of nitrogens with two attached hydrogens (primary N) is 1. The van der Waals surface area contributed by atoms with Gasteiger partial charge in [-0.25, -0.2) is 9.97 Å². The van der Waals surface area contributed by atoms with Crippen LogP contribution in [-0.4, -0.2) is 28.7 Å². The van der Waals surface area contributed by atoms with Crippen LogP contribution in [0, 0.1) is 6.92 Å². The number of ether oxygens (including phenoxy) is 1. The zero-order valence-corrected chi connectivity index (χ0v) is 12.5. The maximum atomic E-state index is 6.01. The first kappa shape index (κ1) is 14.1. The number of hydrogen-bond donors (Lipinski definition) is 2. The first-order chi connectivity index (χ1) is 8.71. The second kappa shape index (κ2) is 4.63. The zero-order chi connectivity index (χ0) is 14.3. The molecule has 0 radical (unpaired) electrons. The number of rotatable bonds is 2. The first-order valence-corrected chi connectivity index (χ1v) is 6.72. The fraction of sp³-hybridized carbons (Fsp3) is 0.714. The van der Waals surface area contributed by atoms with Crippen LogP contribution in [0.1, 0.15) is 45.5 Å². The third kappa shape index (κ3) is 2.97. The normalized spacial score (nSPS) is 23.6. The summed E-state index contributed by atoms with van der Waals surface area (Å²) in [7, 11) is 0. The molecule has 0 amide bonds. The molecular formula is C14H24N4O. The van der Waals surface area contributed by atoms with E-state index < -0.39 is 0 Å². The van der Waals surface area contributed by atoms with Gasteiger partial charge in [0.2, 0.25) is 0 Å². The van der Waals surface area contributed by atoms with Crippen LogP contribution in [0.2, 0.25) is 0 Å². The lowest BCUT2D eigenvalue weighted by Gasteiger charge is -2.27. The van der Waals surface area contributed by atoms with Gasteiger partial charge in [-0.3, -0.25) is 0 Å². The van der Waals surface area contributed by atoms with Crippen molar-refractivity contribution in [2.75, 3.05) is 24.3 Å². The lowest BCUT2D eigenvalue weighted by atomic mass is 9.95. The molecular weight excluding hydrogens is 240 g/mol. The fourth-order valence-electron chi connectivity index (χ4n) is 2.04. The van der Waals surface area contributed by atoms with Gasteiger partial charge < -0.3 is 15.8 Å². The van der Waals surface area contributed by atoms with Crippen molar-refractivity contribution in [1.82, 2.24) is 9.97 Å². The summed E-state index contributed by atoms with van der Waals surface area (Å²) in [6, 6.07) is 0. The Labute approximate surface area is 115 Å². The molecule has 1 aliphatic rings. The van der Waals surface area contributed by atoms with Crippen LogP contribution in [0.5, 0.6) is 0 Å². The summed E-state index contributed by atoms with van der Waals surface area (Å²) in [4.78, 5) is 9.05. The van der Waals surface area contributed by atoms with Crippen LogP contribution in [0.15, 0.2) is 0 Å². The van der Waals surface area contributed by atoms with E-state index in [1.54, 1.807) is 0 Å². The first-order valence-electron chi connectivity index (χ1n) is 6.72. The number of anilines is 2. The average molecular weight is 264 g/mol. The van der Waals surface area contributed by atoms with E-state index in [1.165, 1.54) is 0 Å². The summed E-state index contributed by atoms with van der Waals surface area (Å²) < 4.78 is 5.46. The molecule has 0 saturated carbocycles. The van der Waals surface area contributed by atoms with Gasteiger partial charge in [-0.05, 0) is 20.3 Å². The number of nitrogen functional groups attached to an aromatic ring is 1. The lowest BCUT2D eigenvalue weighted by molar-refractivity contribution is 0.185. The van der Waals surface area contributed by atoms with Crippen LogP contribution in [0.3, 0.4) is 0 Å². The van der Waals surface area contributed by atoms with Gasteiger partial charge in [-0.1, -0.05) is 20.8 Å². The lowest BCUT2D eigenvalue weighted by Crippen LogP contribution is -2.36. The van der Waals surface area contributed by atoms with Crippen LogP contribution in [-0.2, 0) is 10.2 Å². The van der Waals surface area contributed by atoms with Crippen molar-refractivity contribution < 1.29 is 4.74 Å². The summed E-state index contributed by atoms with van der Waals surface area (Å²) >= 11 is 0. The standard InChI is InChI=1S/C14H24N4O/c1-9-10(15)16-12(13(2,3)4)17-11(9)18-14(5)6-7-19-8-14/h6-8H2,1-5H3,(H3,15,16,17,18). The van der Waals surface area contributed by atoms with Gasteiger partial charge in [0, 0.05) is 17.6 Å². The topological polar surface area (TPSA) is 73.1 Å². The van der Waals surface area contributed by atoms with Crippen LogP contribution >= 0.6 is 0 Å². The van der Waals surface area contributed by atoms with Gasteiger partial charge in [0.05, 0.1) is 12.1 Å². The zero-order valence-electron chi connectivity index (χ0n) is 12.5. The Morgan fingerprint density at radius 1 is 1.32 bits per heavy atom. The Balaban J connectivity index is 2.36. The van der Waals surface area contributed by atoms with Crippen molar-refractivity contribution in [3.8, 4) is 0 Å². The van der Waals surface area contributed by atoms with E-state index in [-0.39, 0.29) is 11.0 Å². The third-order valence-corrected chi connectivity index (χ3v) is 3.49. The summed E-state index contributed by atoms with van der Waals surface area (Å²) in [6.07, 6.45) is 0.973. The summed E-state index contributed by atoms with van der Waals surface area (Å²) in [5.74, 6) is 2.14. The quantitative estimate of drug-likeness (QED) is 0.857.